The number of rotatable bonds is 1. The van der Waals surface area contributed by atoms with Crippen LogP contribution in [0.25, 0.3) is 0 Å². The number of fused-ring (bicyclic) bond motifs is 1. The van der Waals surface area contributed by atoms with Crippen molar-refractivity contribution >= 4 is 5.97 Å². The Labute approximate surface area is 96.3 Å². The summed E-state index contributed by atoms with van der Waals surface area (Å²) in [6.45, 7) is 0.929. The van der Waals surface area contributed by atoms with Gasteiger partial charge in [-0.25, -0.2) is 0 Å². The lowest BCUT2D eigenvalue weighted by atomic mass is 9.97. The van der Waals surface area contributed by atoms with Crippen molar-refractivity contribution in [2.24, 2.45) is 0 Å². The van der Waals surface area contributed by atoms with E-state index >= 15 is 0 Å². The molecule has 2 rings (SSSR count). The lowest BCUT2D eigenvalue weighted by Crippen LogP contribution is -2.67. The Morgan fingerprint density at radius 1 is 1.35 bits per heavy atom. The zero-order valence-corrected chi connectivity index (χ0v) is 8.98. The molecule has 98 valence electrons. The lowest BCUT2D eigenvalue weighted by molar-refractivity contribution is -0.406. The van der Waals surface area contributed by atoms with E-state index in [2.05, 4.69) is 0 Å². The summed E-state index contributed by atoms with van der Waals surface area (Å²) in [7, 11) is 0. The lowest BCUT2D eigenvalue weighted by Gasteiger charge is -2.48. The van der Waals surface area contributed by atoms with E-state index < -0.39 is 42.5 Å². The van der Waals surface area contributed by atoms with Gasteiger partial charge in [-0.2, -0.15) is 0 Å². The number of aliphatic hydroxyl groups is 3. The van der Waals surface area contributed by atoms with Crippen molar-refractivity contribution < 1.29 is 39.4 Å². The fraction of sp³-hybridized carbons (Fsp3) is 0.889. The average molecular weight is 249 g/mol. The summed E-state index contributed by atoms with van der Waals surface area (Å²) in [5.74, 6) is -3.60. The Balaban J connectivity index is 2.16. The Morgan fingerprint density at radius 3 is 2.59 bits per heavy atom. The molecule has 0 aliphatic carbocycles. The smallest absolute Gasteiger partial charge is 0.207 e. The molecule has 3 N–H and O–H groups in total. The molecule has 0 radical (unpaired) electrons. The summed E-state index contributed by atoms with van der Waals surface area (Å²) in [4.78, 5) is 10.8. The maximum Gasteiger partial charge on any atom is 0.207 e. The predicted molar refractivity (Wildman–Crippen MR) is 47.1 cm³/mol. The third kappa shape index (κ3) is 2.03. The summed E-state index contributed by atoms with van der Waals surface area (Å²) in [6.07, 6.45) is -6.56. The van der Waals surface area contributed by atoms with Crippen molar-refractivity contribution in [3.63, 3.8) is 0 Å². The number of hydrogen-bond acceptors (Lipinski definition) is 8. The molecule has 8 nitrogen and oxygen atoms in total. The maximum absolute atomic E-state index is 10.8. The van der Waals surface area contributed by atoms with E-state index in [1.807, 2.05) is 0 Å². The molecular weight excluding hydrogens is 236 g/mol. The highest BCUT2D eigenvalue weighted by Crippen LogP contribution is 2.31. The van der Waals surface area contributed by atoms with Crippen LogP contribution in [0.5, 0.6) is 0 Å². The fourth-order valence-electron chi connectivity index (χ4n) is 1.84. The first kappa shape index (κ1) is 12.7. The third-order valence-electron chi connectivity index (χ3n) is 2.91. The van der Waals surface area contributed by atoms with Crippen molar-refractivity contribution in [3.05, 3.63) is 0 Å². The molecule has 0 aromatic carbocycles. The molecule has 0 spiro atoms. The SMILES string of the molecule is CC1(C(=O)[O-])OC[C@H]2O[C@@H](O)[C@@H](O)[C@@H](O)[C@@H]2O1. The first-order valence-electron chi connectivity index (χ1n) is 5.08. The van der Waals surface area contributed by atoms with Crippen molar-refractivity contribution in [3.8, 4) is 0 Å². The number of carboxylic acid groups (broad SMARTS) is 1. The quantitative estimate of drug-likeness (QED) is 0.433. The van der Waals surface area contributed by atoms with Crippen LogP contribution in [0.4, 0.5) is 0 Å². The van der Waals surface area contributed by atoms with E-state index in [1.54, 1.807) is 0 Å². The Hall–Kier alpha value is -0.770. The van der Waals surface area contributed by atoms with E-state index in [1.165, 1.54) is 0 Å². The van der Waals surface area contributed by atoms with Gasteiger partial charge in [0.15, 0.2) is 6.29 Å². The van der Waals surface area contributed by atoms with Gasteiger partial charge in [0, 0.05) is 0 Å². The van der Waals surface area contributed by atoms with Gasteiger partial charge in [-0.1, -0.05) is 0 Å². The fourth-order valence-corrected chi connectivity index (χ4v) is 1.84. The zero-order valence-electron chi connectivity index (χ0n) is 8.98. The molecule has 2 saturated heterocycles. The molecular formula is C9H13O8-. The second kappa shape index (κ2) is 4.16. The van der Waals surface area contributed by atoms with Crippen LogP contribution in [0.1, 0.15) is 6.92 Å². The minimum Gasteiger partial charge on any atom is -0.544 e. The van der Waals surface area contributed by atoms with E-state index in [-0.39, 0.29) is 6.61 Å². The standard InChI is InChI=1S/C9H14O8/c1-9(8(13)14)15-2-3-6(17-9)4(10)5(11)7(12)16-3/h3-7,10-12H,2H2,1H3,(H,13,14)/p-1/t3-,4-,5+,6-,7-,9?/m1/s1. The number of aliphatic hydroxyl groups excluding tert-OH is 3. The van der Waals surface area contributed by atoms with Crippen LogP contribution < -0.4 is 5.11 Å². The second-order valence-corrected chi connectivity index (χ2v) is 4.17. The van der Waals surface area contributed by atoms with Gasteiger partial charge in [0.05, 0.1) is 6.61 Å². The maximum atomic E-state index is 10.8. The van der Waals surface area contributed by atoms with Crippen LogP contribution in [0.2, 0.25) is 0 Å². The molecule has 6 atom stereocenters. The van der Waals surface area contributed by atoms with Crippen LogP contribution in [0.15, 0.2) is 0 Å². The zero-order chi connectivity index (χ0) is 12.8. The Kier molecular flexibility index (Phi) is 3.10. The van der Waals surface area contributed by atoms with E-state index in [4.69, 9.17) is 14.2 Å². The van der Waals surface area contributed by atoms with Gasteiger partial charge in [-0.05, 0) is 6.92 Å². The van der Waals surface area contributed by atoms with Crippen molar-refractivity contribution in [1.82, 2.24) is 0 Å². The van der Waals surface area contributed by atoms with Crippen LogP contribution in [-0.2, 0) is 19.0 Å². The topological polar surface area (TPSA) is 129 Å². The molecule has 1 unspecified atom stereocenters. The molecule has 2 heterocycles. The number of carboxylic acids is 1. The molecule has 0 bridgehead atoms. The normalized spacial score (nSPS) is 50.7. The molecule has 8 heteroatoms. The molecule has 0 amide bonds. The highest BCUT2D eigenvalue weighted by atomic mass is 16.8. The number of carbonyl (C=O) groups excluding carboxylic acids is 1. The van der Waals surface area contributed by atoms with Gasteiger partial charge in [0.2, 0.25) is 5.79 Å². The minimum atomic E-state index is -2.01. The van der Waals surface area contributed by atoms with Gasteiger partial charge < -0.3 is 39.4 Å². The van der Waals surface area contributed by atoms with Crippen LogP contribution >= 0.6 is 0 Å². The van der Waals surface area contributed by atoms with E-state index in [9.17, 15) is 25.2 Å². The highest BCUT2D eigenvalue weighted by Gasteiger charge is 2.51. The number of carbonyl (C=O) groups is 1. The molecule has 0 aromatic heterocycles. The number of aliphatic carboxylic acids is 1. The third-order valence-corrected chi connectivity index (χ3v) is 2.91. The van der Waals surface area contributed by atoms with Gasteiger partial charge in [0.25, 0.3) is 0 Å². The van der Waals surface area contributed by atoms with Crippen LogP contribution in [-0.4, -0.2) is 64.4 Å². The second-order valence-electron chi connectivity index (χ2n) is 4.17. The van der Waals surface area contributed by atoms with Crippen LogP contribution in [0, 0.1) is 0 Å². The van der Waals surface area contributed by atoms with Gasteiger partial charge >= 0.3 is 0 Å². The van der Waals surface area contributed by atoms with Crippen LogP contribution in [0.3, 0.4) is 0 Å². The van der Waals surface area contributed by atoms with Gasteiger partial charge in [-0.15, -0.1) is 0 Å². The molecule has 2 aliphatic heterocycles. The highest BCUT2D eigenvalue weighted by molar-refractivity contribution is 5.73. The van der Waals surface area contributed by atoms with Crippen molar-refractivity contribution in [2.45, 2.75) is 43.4 Å². The molecule has 0 aromatic rings. The summed E-state index contributed by atoms with van der Waals surface area (Å²) in [5.41, 5.74) is 0. The largest absolute Gasteiger partial charge is 0.544 e. The first-order chi connectivity index (χ1) is 7.85. The van der Waals surface area contributed by atoms with Crippen molar-refractivity contribution in [1.29, 1.82) is 0 Å². The molecule has 2 aliphatic rings. The number of ether oxygens (including phenoxy) is 3. The summed E-state index contributed by atoms with van der Waals surface area (Å²) >= 11 is 0. The molecule has 0 saturated carbocycles. The summed E-state index contributed by atoms with van der Waals surface area (Å²) < 4.78 is 14.9. The predicted octanol–water partition coefficient (Wildman–Crippen LogP) is -3.69. The van der Waals surface area contributed by atoms with E-state index in [0.29, 0.717) is 0 Å². The summed E-state index contributed by atoms with van der Waals surface area (Å²) in [6, 6.07) is 0. The first-order valence-corrected chi connectivity index (χ1v) is 5.08. The molecule has 2 fully saturated rings. The molecule has 17 heavy (non-hydrogen) atoms. The Morgan fingerprint density at radius 2 is 2.00 bits per heavy atom. The van der Waals surface area contributed by atoms with E-state index in [0.717, 1.165) is 6.92 Å². The minimum absolute atomic E-state index is 0.198. The Bertz CT molecular complexity index is 318. The number of hydrogen-bond donors (Lipinski definition) is 3. The van der Waals surface area contributed by atoms with Crippen molar-refractivity contribution in [2.75, 3.05) is 6.61 Å². The van der Waals surface area contributed by atoms with Gasteiger partial charge in [-0.3, -0.25) is 0 Å². The summed E-state index contributed by atoms with van der Waals surface area (Å²) in [5, 5.41) is 39.1. The van der Waals surface area contributed by atoms with Gasteiger partial charge in [0.1, 0.15) is 30.4 Å². The average Bonchev–Trinajstić information content (AvgIpc) is 2.27. The monoisotopic (exact) mass is 249 g/mol.